The monoisotopic (exact) mass is 410 g/mol. The lowest BCUT2D eigenvalue weighted by molar-refractivity contribution is 0.00652. The van der Waals surface area contributed by atoms with E-state index >= 15 is 0 Å². The normalized spacial score (nSPS) is 25.8. The molecule has 8 nitrogen and oxygen atoms in total. The molecule has 1 aromatic carbocycles. The summed E-state index contributed by atoms with van der Waals surface area (Å²) in [5, 5.41) is 26.3. The molecule has 2 unspecified atom stereocenters. The van der Waals surface area contributed by atoms with E-state index in [1.807, 2.05) is 6.07 Å². The van der Waals surface area contributed by atoms with Gasteiger partial charge in [0, 0.05) is 36.2 Å². The molecule has 2 aromatic heterocycles. The second kappa shape index (κ2) is 7.64. The Hall–Kier alpha value is -3.07. The van der Waals surface area contributed by atoms with E-state index in [-0.39, 0.29) is 11.8 Å². The number of benzene rings is 1. The smallest absolute Gasteiger partial charge is 0.233 e. The molecule has 2 fully saturated rings. The number of hydrogen-bond donors (Lipinski definition) is 2. The van der Waals surface area contributed by atoms with Gasteiger partial charge in [-0.3, -0.25) is 0 Å². The van der Waals surface area contributed by atoms with Crippen molar-refractivity contribution in [2.75, 3.05) is 0 Å². The van der Waals surface area contributed by atoms with Crippen molar-refractivity contribution < 1.29 is 14.2 Å². The summed E-state index contributed by atoms with van der Waals surface area (Å²) in [6, 6.07) is 8.70. The van der Waals surface area contributed by atoms with E-state index < -0.39 is 12.3 Å². The molecule has 0 spiro atoms. The van der Waals surface area contributed by atoms with Gasteiger partial charge in [0.1, 0.15) is 24.0 Å². The van der Waals surface area contributed by atoms with Crippen molar-refractivity contribution >= 4 is 0 Å². The van der Waals surface area contributed by atoms with Crippen LogP contribution in [0.2, 0.25) is 0 Å². The van der Waals surface area contributed by atoms with Crippen molar-refractivity contribution in [3.05, 3.63) is 42.5 Å². The maximum atomic E-state index is 14.7. The zero-order valence-electron chi connectivity index (χ0n) is 16.6. The highest BCUT2D eigenvalue weighted by Gasteiger charge is 2.41. The molecule has 9 heteroatoms. The number of halogens is 1. The van der Waals surface area contributed by atoms with E-state index in [2.05, 4.69) is 25.6 Å². The van der Waals surface area contributed by atoms with Gasteiger partial charge in [0.2, 0.25) is 5.88 Å². The molecule has 2 saturated heterocycles. The summed E-state index contributed by atoms with van der Waals surface area (Å²) < 4.78 is 22.1. The fourth-order valence-electron chi connectivity index (χ4n) is 4.30. The zero-order chi connectivity index (χ0) is 20.7. The summed E-state index contributed by atoms with van der Waals surface area (Å²) in [6.07, 6.45) is 3.60. The van der Waals surface area contributed by atoms with Crippen molar-refractivity contribution in [1.29, 1.82) is 0 Å². The summed E-state index contributed by atoms with van der Waals surface area (Å²) >= 11 is 0. The summed E-state index contributed by atoms with van der Waals surface area (Å²) in [7, 11) is 0. The van der Waals surface area contributed by atoms with Crippen LogP contribution < -0.4 is 10.1 Å². The molecule has 4 heterocycles. The van der Waals surface area contributed by atoms with Crippen molar-refractivity contribution in [2.45, 2.75) is 57.0 Å². The molecule has 3 aromatic rings. The van der Waals surface area contributed by atoms with Crippen LogP contribution in [0.15, 0.2) is 36.7 Å². The van der Waals surface area contributed by atoms with Crippen LogP contribution >= 0.6 is 0 Å². The Balaban J connectivity index is 1.31. The number of alkyl halides is 1. The number of nitrogens with zero attached hydrogens (tertiary/aromatic N) is 5. The Morgan fingerprint density at radius 2 is 2.10 bits per heavy atom. The second-order valence-electron chi connectivity index (χ2n) is 7.93. The number of hydrogen-bond acceptors (Lipinski definition) is 7. The molecule has 4 atom stereocenters. The third kappa shape index (κ3) is 3.60. The number of nitrogens with one attached hydrogen (secondary N) is 1. The first-order valence-electron chi connectivity index (χ1n) is 10.2. The van der Waals surface area contributed by atoms with Gasteiger partial charge >= 0.3 is 0 Å². The number of phenols is 1. The molecule has 30 heavy (non-hydrogen) atoms. The highest BCUT2D eigenvalue weighted by Crippen LogP contribution is 2.32. The van der Waals surface area contributed by atoms with Gasteiger partial charge in [-0.15, -0.1) is 10.2 Å². The van der Waals surface area contributed by atoms with Gasteiger partial charge in [0.05, 0.1) is 11.4 Å². The van der Waals surface area contributed by atoms with Gasteiger partial charge in [0.15, 0.2) is 6.17 Å². The average Bonchev–Trinajstić information content (AvgIpc) is 3.19. The number of aromatic nitrogens is 5. The molecular formula is C21H23FN6O2. The molecule has 0 aliphatic carbocycles. The molecule has 0 saturated carbocycles. The Labute approximate surface area is 173 Å². The molecule has 0 radical (unpaired) electrons. The molecule has 156 valence electrons. The SMILES string of the molecule is Cc1ncn(-c2ccc(-c3ccc(O[C@@H]4CC5CCCC(N5)[C@@H]4F)nn3)c(O)c2)n1. The van der Waals surface area contributed by atoms with Gasteiger partial charge in [-0.25, -0.2) is 14.1 Å². The lowest BCUT2D eigenvalue weighted by atomic mass is 9.84. The molecule has 5 rings (SSSR count). The predicted octanol–water partition coefficient (Wildman–Crippen LogP) is 2.74. The van der Waals surface area contributed by atoms with Crippen molar-refractivity contribution in [2.24, 2.45) is 0 Å². The maximum absolute atomic E-state index is 14.7. The van der Waals surface area contributed by atoms with Crippen LogP contribution in [0.25, 0.3) is 16.9 Å². The Bertz CT molecular complexity index is 1040. The number of phenolic OH excluding ortho intramolecular Hbond substituents is 1. The second-order valence-corrected chi connectivity index (χ2v) is 7.93. The van der Waals surface area contributed by atoms with E-state index in [4.69, 9.17) is 4.74 Å². The predicted molar refractivity (Wildman–Crippen MR) is 107 cm³/mol. The summed E-state index contributed by atoms with van der Waals surface area (Å²) in [6.45, 7) is 1.80. The van der Waals surface area contributed by atoms with E-state index in [0.717, 1.165) is 19.3 Å². The van der Waals surface area contributed by atoms with Gasteiger partial charge in [-0.1, -0.05) is 6.42 Å². The Morgan fingerprint density at radius 1 is 1.20 bits per heavy atom. The van der Waals surface area contributed by atoms with Crippen LogP contribution in [0.5, 0.6) is 11.6 Å². The highest BCUT2D eigenvalue weighted by atomic mass is 19.1. The van der Waals surface area contributed by atoms with Crippen LogP contribution in [-0.2, 0) is 0 Å². The minimum Gasteiger partial charge on any atom is -0.507 e. The van der Waals surface area contributed by atoms with Crippen LogP contribution in [0.4, 0.5) is 4.39 Å². The Kier molecular flexibility index (Phi) is 4.82. The number of fused-ring (bicyclic) bond motifs is 2. The van der Waals surface area contributed by atoms with Crippen LogP contribution in [0, 0.1) is 6.92 Å². The van der Waals surface area contributed by atoms with E-state index in [0.29, 0.717) is 41.1 Å². The third-order valence-corrected chi connectivity index (χ3v) is 5.81. The Morgan fingerprint density at radius 3 is 2.83 bits per heavy atom. The number of aromatic hydroxyl groups is 1. The fourth-order valence-corrected chi connectivity index (χ4v) is 4.30. The molecule has 2 aliphatic heterocycles. The van der Waals surface area contributed by atoms with Crippen LogP contribution in [0.3, 0.4) is 0 Å². The van der Waals surface area contributed by atoms with Gasteiger partial charge in [-0.05, 0) is 38.0 Å². The first kappa shape index (κ1) is 18.9. The topological polar surface area (TPSA) is 98.0 Å². The van der Waals surface area contributed by atoms with Gasteiger partial charge in [0.25, 0.3) is 0 Å². The van der Waals surface area contributed by atoms with Gasteiger partial charge < -0.3 is 15.2 Å². The van der Waals surface area contributed by atoms with E-state index in [1.54, 1.807) is 42.2 Å². The number of aryl methyl sites for hydroxylation is 1. The standard InChI is InChI=1S/C21H23FN6O2/c1-12-23-11-28(27-12)14-5-6-15(18(29)10-14)16-7-8-20(26-25-16)30-19-9-13-3-2-4-17(24-13)21(19)22/h5-8,10-11,13,17,19,21,24,29H,2-4,9H2,1H3/t13?,17?,19-,21+/m1/s1. The lowest BCUT2D eigenvalue weighted by Crippen LogP contribution is -2.59. The van der Waals surface area contributed by atoms with Crippen LogP contribution in [-0.4, -0.2) is 54.4 Å². The molecular weight excluding hydrogens is 387 g/mol. The van der Waals surface area contributed by atoms with E-state index in [1.165, 1.54) is 0 Å². The molecule has 2 aliphatic rings. The lowest BCUT2D eigenvalue weighted by Gasteiger charge is -2.42. The quantitative estimate of drug-likeness (QED) is 0.682. The number of rotatable bonds is 4. The minimum absolute atomic E-state index is 0.0543. The molecule has 2 bridgehead atoms. The van der Waals surface area contributed by atoms with Crippen molar-refractivity contribution in [3.8, 4) is 28.6 Å². The van der Waals surface area contributed by atoms with Crippen molar-refractivity contribution in [3.63, 3.8) is 0 Å². The number of piperidine rings is 2. The number of ether oxygens (including phenoxy) is 1. The zero-order valence-corrected chi connectivity index (χ0v) is 16.6. The highest BCUT2D eigenvalue weighted by molar-refractivity contribution is 5.68. The summed E-state index contributed by atoms with van der Waals surface area (Å²) in [5.41, 5.74) is 1.73. The maximum Gasteiger partial charge on any atom is 0.233 e. The summed E-state index contributed by atoms with van der Waals surface area (Å²) in [5.74, 6) is 0.993. The summed E-state index contributed by atoms with van der Waals surface area (Å²) in [4.78, 5) is 4.09. The van der Waals surface area contributed by atoms with E-state index in [9.17, 15) is 9.50 Å². The van der Waals surface area contributed by atoms with Crippen molar-refractivity contribution in [1.82, 2.24) is 30.3 Å². The largest absolute Gasteiger partial charge is 0.507 e. The molecule has 2 N–H and O–H groups in total. The third-order valence-electron chi connectivity index (χ3n) is 5.81. The first-order chi connectivity index (χ1) is 14.6. The molecule has 0 amide bonds. The first-order valence-corrected chi connectivity index (χ1v) is 10.2. The minimum atomic E-state index is -1.06. The average molecular weight is 410 g/mol. The fraction of sp³-hybridized carbons (Fsp3) is 0.429. The van der Waals surface area contributed by atoms with Crippen LogP contribution in [0.1, 0.15) is 31.5 Å². The van der Waals surface area contributed by atoms with Gasteiger partial charge in [-0.2, -0.15) is 5.10 Å².